The van der Waals surface area contributed by atoms with E-state index < -0.39 is 4.92 Å². The summed E-state index contributed by atoms with van der Waals surface area (Å²) in [5, 5.41) is 14.8. The maximum atomic E-state index is 13.1. The molecule has 0 fully saturated rings. The van der Waals surface area contributed by atoms with Crippen LogP contribution < -0.4 is 0 Å². The number of ether oxygens (including phenoxy) is 1. The summed E-state index contributed by atoms with van der Waals surface area (Å²) in [4.78, 5) is 29.0. The Morgan fingerprint density at radius 2 is 2.00 bits per heavy atom. The molecule has 0 aliphatic heterocycles. The zero-order chi connectivity index (χ0) is 22.2. The van der Waals surface area contributed by atoms with Gasteiger partial charge in [-0.3, -0.25) is 14.9 Å². The number of non-ortho nitro benzene ring substituents is 1. The number of nitrogens with zero attached hydrogens (tertiary/aromatic N) is 4. The summed E-state index contributed by atoms with van der Waals surface area (Å²) in [7, 11) is 1.55. The summed E-state index contributed by atoms with van der Waals surface area (Å²) >= 11 is 0. The second-order valence-corrected chi connectivity index (χ2v) is 6.75. The first kappa shape index (κ1) is 22.0. The van der Waals surface area contributed by atoms with Crippen molar-refractivity contribution in [3.05, 3.63) is 75.9 Å². The van der Waals surface area contributed by atoms with Crippen molar-refractivity contribution in [3.8, 4) is 11.4 Å². The molecule has 0 aliphatic rings. The first-order valence-electron chi connectivity index (χ1n) is 9.55. The summed E-state index contributed by atoms with van der Waals surface area (Å²) in [6.45, 7) is 1.06. The van der Waals surface area contributed by atoms with Crippen LogP contribution in [0.25, 0.3) is 11.4 Å². The van der Waals surface area contributed by atoms with Gasteiger partial charge in [0.15, 0.2) is 0 Å². The number of carbonyl (C=O) groups excluding carboxylic acids is 1. The molecule has 9 nitrogen and oxygen atoms in total. The maximum absolute atomic E-state index is 13.1. The van der Waals surface area contributed by atoms with Crippen LogP contribution in [-0.4, -0.2) is 52.7 Å². The van der Waals surface area contributed by atoms with Crippen LogP contribution in [0.15, 0.2) is 53.1 Å². The van der Waals surface area contributed by atoms with E-state index in [0.29, 0.717) is 43.1 Å². The van der Waals surface area contributed by atoms with Gasteiger partial charge in [0.2, 0.25) is 17.6 Å². The minimum absolute atomic E-state index is 0.0685. The van der Waals surface area contributed by atoms with E-state index in [9.17, 15) is 19.3 Å². The molecule has 1 amide bonds. The molecule has 0 unspecified atom stereocenters. The molecule has 0 saturated heterocycles. The van der Waals surface area contributed by atoms with Crippen molar-refractivity contribution in [2.24, 2.45) is 0 Å². The third kappa shape index (κ3) is 6.16. The summed E-state index contributed by atoms with van der Waals surface area (Å²) < 4.78 is 23.4. The van der Waals surface area contributed by atoms with E-state index in [4.69, 9.17) is 9.26 Å². The van der Waals surface area contributed by atoms with E-state index in [0.717, 1.165) is 0 Å². The summed E-state index contributed by atoms with van der Waals surface area (Å²) in [6.07, 6.45) is 0.438. The van der Waals surface area contributed by atoms with Crippen molar-refractivity contribution in [2.45, 2.75) is 12.8 Å². The first-order chi connectivity index (χ1) is 15.0. The lowest BCUT2D eigenvalue weighted by atomic mass is 10.1. The quantitative estimate of drug-likeness (QED) is 0.360. The fraction of sp³-hybridized carbons (Fsp3) is 0.286. The van der Waals surface area contributed by atoms with Gasteiger partial charge in [-0.1, -0.05) is 29.4 Å². The summed E-state index contributed by atoms with van der Waals surface area (Å²) in [5.74, 6) is 0.0451. The van der Waals surface area contributed by atoms with E-state index in [1.165, 1.54) is 24.3 Å². The topological polar surface area (TPSA) is 112 Å². The number of hydrogen-bond acceptors (Lipinski definition) is 7. The molecule has 3 rings (SSSR count). The number of aromatic nitrogens is 2. The van der Waals surface area contributed by atoms with Gasteiger partial charge < -0.3 is 14.2 Å². The van der Waals surface area contributed by atoms with E-state index >= 15 is 0 Å². The average Bonchev–Trinajstić information content (AvgIpc) is 3.24. The largest absolute Gasteiger partial charge is 0.383 e. The molecule has 0 radical (unpaired) electrons. The second-order valence-electron chi connectivity index (χ2n) is 6.75. The zero-order valence-corrected chi connectivity index (χ0v) is 16.9. The van der Waals surface area contributed by atoms with E-state index in [1.54, 1.807) is 36.3 Å². The summed E-state index contributed by atoms with van der Waals surface area (Å²) in [5.41, 5.74) is 1.10. The van der Waals surface area contributed by atoms with Crippen LogP contribution in [0.3, 0.4) is 0 Å². The molecule has 0 aliphatic carbocycles. The molecule has 31 heavy (non-hydrogen) atoms. The van der Waals surface area contributed by atoms with Crippen LogP contribution >= 0.6 is 0 Å². The smallest absolute Gasteiger partial charge is 0.270 e. The molecule has 162 valence electrons. The monoisotopic (exact) mass is 428 g/mol. The van der Waals surface area contributed by atoms with Gasteiger partial charge in [-0.05, 0) is 17.7 Å². The van der Waals surface area contributed by atoms with Crippen molar-refractivity contribution in [3.63, 3.8) is 0 Å². The van der Waals surface area contributed by atoms with Crippen LogP contribution in [0.1, 0.15) is 11.5 Å². The van der Waals surface area contributed by atoms with Crippen molar-refractivity contribution in [2.75, 3.05) is 26.8 Å². The van der Waals surface area contributed by atoms with Gasteiger partial charge in [-0.2, -0.15) is 4.98 Å². The predicted molar refractivity (Wildman–Crippen MR) is 109 cm³/mol. The van der Waals surface area contributed by atoms with Gasteiger partial charge >= 0.3 is 0 Å². The van der Waals surface area contributed by atoms with Crippen molar-refractivity contribution >= 4 is 11.6 Å². The van der Waals surface area contributed by atoms with Gasteiger partial charge in [-0.15, -0.1) is 0 Å². The van der Waals surface area contributed by atoms with Crippen LogP contribution in [-0.2, 0) is 22.4 Å². The Bertz CT molecular complexity index is 1040. The molecule has 0 bridgehead atoms. The number of amides is 1. The van der Waals surface area contributed by atoms with Crippen LogP contribution in [0, 0.1) is 15.9 Å². The molecular weight excluding hydrogens is 407 g/mol. The van der Waals surface area contributed by atoms with Crippen LogP contribution in [0.5, 0.6) is 0 Å². The molecular formula is C21H21FN4O5. The molecule has 0 N–H and O–H groups in total. The highest BCUT2D eigenvalue weighted by molar-refractivity contribution is 5.78. The van der Waals surface area contributed by atoms with Crippen molar-refractivity contribution in [1.82, 2.24) is 15.0 Å². The Morgan fingerprint density at radius 1 is 1.23 bits per heavy atom. The highest BCUT2D eigenvalue weighted by atomic mass is 19.1. The molecule has 1 aromatic heterocycles. The fourth-order valence-electron chi connectivity index (χ4n) is 2.91. The standard InChI is InChI=1S/C21H21FN4O5/c1-30-12-11-25(20(27)13-15-5-7-17(22)8-6-15)10-9-19-23-21(24-31-19)16-3-2-4-18(14-16)26(28)29/h2-8,14H,9-13H2,1H3. The highest BCUT2D eigenvalue weighted by Crippen LogP contribution is 2.21. The van der Waals surface area contributed by atoms with Gasteiger partial charge in [0.25, 0.3) is 5.69 Å². The van der Waals surface area contributed by atoms with Gasteiger partial charge in [-0.25, -0.2) is 4.39 Å². The molecule has 0 atom stereocenters. The third-order valence-electron chi connectivity index (χ3n) is 4.57. The lowest BCUT2D eigenvalue weighted by Gasteiger charge is -2.21. The number of nitro benzene ring substituents is 1. The lowest BCUT2D eigenvalue weighted by molar-refractivity contribution is -0.384. The van der Waals surface area contributed by atoms with Crippen molar-refractivity contribution < 1.29 is 23.4 Å². The molecule has 1 heterocycles. The Balaban J connectivity index is 1.65. The number of benzene rings is 2. The number of methoxy groups -OCH3 is 1. The molecule has 2 aromatic carbocycles. The lowest BCUT2D eigenvalue weighted by Crippen LogP contribution is -2.36. The maximum Gasteiger partial charge on any atom is 0.270 e. The van der Waals surface area contributed by atoms with Gasteiger partial charge in [0, 0.05) is 44.3 Å². The number of halogens is 1. The number of rotatable bonds is 10. The Morgan fingerprint density at radius 3 is 2.71 bits per heavy atom. The predicted octanol–water partition coefficient (Wildman–Crippen LogP) is 3.04. The summed E-state index contributed by atoms with van der Waals surface area (Å²) in [6, 6.07) is 11.7. The van der Waals surface area contributed by atoms with Crippen LogP contribution in [0.4, 0.5) is 10.1 Å². The Hall–Kier alpha value is -3.66. The molecule has 0 spiro atoms. The van der Waals surface area contributed by atoms with E-state index in [2.05, 4.69) is 10.1 Å². The number of nitro groups is 1. The SMILES string of the molecule is COCCN(CCc1nc(-c2cccc([N+](=O)[O-])c2)no1)C(=O)Cc1ccc(F)cc1. The fourth-order valence-corrected chi connectivity index (χ4v) is 2.91. The van der Waals surface area contributed by atoms with Gasteiger partial charge in [0.1, 0.15) is 5.82 Å². The van der Waals surface area contributed by atoms with Crippen molar-refractivity contribution in [1.29, 1.82) is 0 Å². The molecule has 0 saturated carbocycles. The number of hydrogen-bond donors (Lipinski definition) is 0. The highest BCUT2D eigenvalue weighted by Gasteiger charge is 2.17. The van der Waals surface area contributed by atoms with E-state index in [-0.39, 0.29) is 29.7 Å². The second kappa shape index (κ2) is 10.4. The zero-order valence-electron chi connectivity index (χ0n) is 16.9. The number of carbonyl (C=O) groups is 1. The third-order valence-corrected chi connectivity index (χ3v) is 4.57. The Kier molecular flexibility index (Phi) is 7.39. The Labute approximate surface area is 177 Å². The minimum atomic E-state index is -0.495. The molecule has 3 aromatic rings. The average molecular weight is 428 g/mol. The first-order valence-corrected chi connectivity index (χ1v) is 9.55. The minimum Gasteiger partial charge on any atom is -0.383 e. The van der Waals surface area contributed by atoms with E-state index in [1.807, 2.05) is 0 Å². The van der Waals surface area contributed by atoms with Crippen LogP contribution in [0.2, 0.25) is 0 Å². The molecule has 10 heteroatoms. The normalized spacial score (nSPS) is 10.8. The van der Waals surface area contributed by atoms with Gasteiger partial charge in [0.05, 0.1) is 18.0 Å².